The molecule has 38 heavy (non-hydrogen) atoms. The van der Waals surface area contributed by atoms with E-state index in [2.05, 4.69) is 18.7 Å². The van der Waals surface area contributed by atoms with Gasteiger partial charge in [-0.15, -0.1) is 0 Å². The van der Waals surface area contributed by atoms with E-state index in [1.165, 1.54) is 57.8 Å². The van der Waals surface area contributed by atoms with Gasteiger partial charge in [-0.3, -0.25) is 9.59 Å². The van der Waals surface area contributed by atoms with Crippen LogP contribution in [0.1, 0.15) is 149 Å². The number of carbonyl (C=O) groups is 2. The topological polar surface area (TPSA) is 76.1 Å². The van der Waals surface area contributed by atoms with Gasteiger partial charge in [0.1, 0.15) is 6.10 Å². The molecular weight excluding hydrogens is 478 g/mol. The standard InChI is InChI=1S/C32H61NO5/c1-3-5-17-29-20-22-30(23-21-29)38-32(36)19-14-12-16-25-33(26-27-34)24-15-11-9-7-8-10-13-18-31(35)37-28-6-4-2/h29-30,34H,3-28H2,1-2H3. The first-order valence-corrected chi connectivity index (χ1v) is 16.3. The van der Waals surface area contributed by atoms with E-state index in [1.54, 1.807) is 0 Å². The zero-order valence-corrected chi connectivity index (χ0v) is 25.1. The van der Waals surface area contributed by atoms with Crippen LogP contribution in [0.2, 0.25) is 0 Å². The Balaban J connectivity index is 1.97. The summed E-state index contributed by atoms with van der Waals surface area (Å²) in [7, 11) is 0. The van der Waals surface area contributed by atoms with Gasteiger partial charge in [0, 0.05) is 19.4 Å². The number of esters is 2. The SMILES string of the molecule is CCCCOC(=O)CCCCCCCCCN(CCO)CCCCCC(=O)OC1CCC(CCCC)CC1. The summed E-state index contributed by atoms with van der Waals surface area (Å²) in [5.74, 6) is 0.786. The summed E-state index contributed by atoms with van der Waals surface area (Å²) in [4.78, 5) is 26.2. The van der Waals surface area contributed by atoms with Gasteiger partial charge in [-0.05, 0) is 76.8 Å². The van der Waals surface area contributed by atoms with Crippen LogP contribution < -0.4 is 0 Å². The molecule has 224 valence electrons. The second-order valence-electron chi connectivity index (χ2n) is 11.4. The Bertz CT molecular complexity index is 562. The summed E-state index contributed by atoms with van der Waals surface area (Å²) in [6.45, 7) is 7.88. The van der Waals surface area contributed by atoms with Crippen molar-refractivity contribution in [1.82, 2.24) is 4.90 Å². The van der Waals surface area contributed by atoms with Gasteiger partial charge in [0.25, 0.3) is 0 Å². The predicted molar refractivity (Wildman–Crippen MR) is 156 cm³/mol. The van der Waals surface area contributed by atoms with Gasteiger partial charge in [0.15, 0.2) is 0 Å². The second kappa shape index (κ2) is 24.9. The summed E-state index contributed by atoms with van der Waals surface area (Å²) in [5, 5.41) is 9.41. The van der Waals surface area contributed by atoms with Crippen molar-refractivity contribution in [3.05, 3.63) is 0 Å². The molecule has 0 radical (unpaired) electrons. The molecule has 0 spiro atoms. The molecule has 6 nitrogen and oxygen atoms in total. The zero-order chi connectivity index (χ0) is 27.7. The first-order chi connectivity index (χ1) is 18.6. The number of unbranched alkanes of at least 4 members (excludes halogenated alkanes) is 10. The van der Waals surface area contributed by atoms with Gasteiger partial charge in [-0.25, -0.2) is 0 Å². The molecule has 0 aromatic carbocycles. The minimum absolute atomic E-state index is 0.0128. The Morgan fingerprint density at radius 2 is 1.24 bits per heavy atom. The average Bonchev–Trinajstić information content (AvgIpc) is 2.91. The van der Waals surface area contributed by atoms with Crippen LogP contribution in [0.3, 0.4) is 0 Å². The number of carbonyl (C=O) groups excluding carboxylic acids is 2. The van der Waals surface area contributed by atoms with Crippen molar-refractivity contribution in [3.8, 4) is 0 Å². The third-order valence-electron chi connectivity index (χ3n) is 7.95. The van der Waals surface area contributed by atoms with Crippen molar-refractivity contribution in [2.24, 2.45) is 5.92 Å². The fourth-order valence-corrected chi connectivity index (χ4v) is 5.43. The maximum absolute atomic E-state index is 12.2. The quantitative estimate of drug-likeness (QED) is 0.0951. The lowest BCUT2D eigenvalue weighted by Crippen LogP contribution is -2.29. The Morgan fingerprint density at radius 3 is 1.84 bits per heavy atom. The smallest absolute Gasteiger partial charge is 0.306 e. The van der Waals surface area contributed by atoms with Crippen LogP contribution in [-0.2, 0) is 19.1 Å². The van der Waals surface area contributed by atoms with Gasteiger partial charge < -0.3 is 19.5 Å². The molecule has 0 aromatic heterocycles. The van der Waals surface area contributed by atoms with E-state index in [-0.39, 0.29) is 24.6 Å². The molecule has 0 aromatic rings. The number of hydrogen-bond donors (Lipinski definition) is 1. The van der Waals surface area contributed by atoms with Crippen LogP contribution in [0.5, 0.6) is 0 Å². The monoisotopic (exact) mass is 539 g/mol. The fraction of sp³-hybridized carbons (Fsp3) is 0.938. The minimum Gasteiger partial charge on any atom is -0.466 e. The van der Waals surface area contributed by atoms with Gasteiger partial charge in [0.05, 0.1) is 13.2 Å². The molecule has 0 atom stereocenters. The molecule has 0 aliphatic heterocycles. The fourth-order valence-electron chi connectivity index (χ4n) is 5.43. The molecule has 1 aliphatic rings. The molecule has 1 N–H and O–H groups in total. The van der Waals surface area contributed by atoms with E-state index in [1.807, 2.05) is 0 Å². The number of aliphatic hydroxyl groups excluding tert-OH is 1. The molecule has 0 unspecified atom stereocenters. The summed E-state index contributed by atoms with van der Waals surface area (Å²) < 4.78 is 10.9. The molecule has 0 heterocycles. The predicted octanol–water partition coefficient (Wildman–Crippen LogP) is 7.60. The van der Waals surface area contributed by atoms with Crippen LogP contribution in [0.15, 0.2) is 0 Å². The summed E-state index contributed by atoms with van der Waals surface area (Å²) >= 11 is 0. The lowest BCUT2D eigenvalue weighted by molar-refractivity contribution is -0.151. The van der Waals surface area contributed by atoms with Gasteiger partial charge in [-0.1, -0.05) is 78.1 Å². The van der Waals surface area contributed by atoms with E-state index in [0.29, 0.717) is 19.4 Å². The maximum Gasteiger partial charge on any atom is 0.306 e. The maximum atomic E-state index is 12.2. The third-order valence-corrected chi connectivity index (χ3v) is 7.95. The van der Waals surface area contributed by atoms with Crippen molar-refractivity contribution in [2.75, 3.05) is 32.8 Å². The van der Waals surface area contributed by atoms with E-state index in [4.69, 9.17) is 9.47 Å². The van der Waals surface area contributed by atoms with Crippen molar-refractivity contribution in [3.63, 3.8) is 0 Å². The van der Waals surface area contributed by atoms with E-state index >= 15 is 0 Å². The summed E-state index contributed by atoms with van der Waals surface area (Å²) in [6.07, 6.45) is 22.8. The second-order valence-corrected chi connectivity index (χ2v) is 11.4. The first-order valence-electron chi connectivity index (χ1n) is 16.3. The zero-order valence-electron chi connectivity index (χ0n) is 25.1. The minimum atomic E-state index is -0.0439. The Kier molecular flexibility index (Phi) is 22.8. The lowest BCUT2D eigenvalue weighted by Gasteiger charge is -2.28. The van der Waals surface area contributed by atoms with E-state index in [9.17, 15) is 14.7 Å². The Labute approximate surface area is 234 Å². The molecule has 1 rings (SSSR count). The van der Waals surface area contributed by atoms with Crippen LogP contribution in [0.4, 0.5) is 0 Å². The van der Waals surface area contributed by atoms with Crippen molar-refractivity contribution in [2.45, 2.75) is 155 Å². The Morgan fingerprint density at radius 1 is 0.684 bits per heavy atom. The molecular formula is C32H61NO5. The number of aliphatic hydroxyl groups is 1. The molecule has 1 aliphatic carbocycles. The third kappa shape index (κ3) is 19.9. The molecule has 0 amide bonds. The summed E-state index contributed by atoms with van der Waals surface area (Å²) in [5.41, 5.74) is 0. The number of ether oxygens (including phenoxy) is 2. The number of hydrogen-bond acceptors (Lipinski definition) is 6. The largest absolute Gasteiger partial charge is 0.466 e. The van der Waals surface area contributed by atoms with E-state index in [0.717, 1.165) is 89.8 Å². The van der Waals surface area contributed by atoms with Crippen molar-refractivity contribution >= 4 is 11.9 Å². The van der Waals surface area contributed by atoms with Gasteiger partial charge in [0.2, 0.25) is 0 Å². The average molecular weight is 540 g/mol. The highest BCUT2D eigenvalue weighted by atomic mass is 16.5. The molecule has 1 fully saturated rings. The number of rotatable bonds is 25. The van der Waals surface area contributed by atoms with Crippen molar-refractivity contribution < 1.29 is 24.2 Å². The highest BCUT2D eigenvalue weighted by Gasteiger charge is 2.23. The van der Waals surface area contributed by atoms with Crippen LogP contribution in [-0.4, -0.2) is 60.9 Å². The number of nitrogens with zero attached hydrogens (tertiary/aromatic N) is 1. The summed E-state index contributed by atoms with van der Waals surface area (Å²) in [6, 6.07) is 0. The van der Waals surface area contributed by atoms with Gasteiger partial charge >= 0.3 is 11.9 Å². The Hall–Kier alpha value is -1.14. The molecule has 0 bridgehead atoms. The van der Waals surface area contributed by atoms with Crippen molar-refractivity contribution in [1.29, 1.82) is 0 Å². The highest BCUT2D eigenvalue weighted by Crippen LogP contribution is 2.30. The first kappa shape index (κ1) is 34.9. The highest BCUT2D eigenvalue weighted by molar-refractivity contribution is 5.69. The van der Waals surface area contributed by atoms with Crippen LogP contribution in [0, 0.1) is 5.92 Å². The molecule has 6 heteroatoms. The van der Waals surface area contributed by atoms with E-state index < -0.39 is 0 Å². The lowest BCUT2D eigenvalue weighted by atomic mass is 9.84. The molecule has 0 saturated heterocycles. The van der Waals surface area contributed by atoms with Gasteiger partial charge in [-0.2, -0.15) is 0 Å². The molecule has 1 saturated carbocycles. The van der Waals surface area contributed by atoms with Crippen LogP contribution in [0.25, 0.3) is 0 Å². The van der Waals surface area contributed by atoms with Crippen LogP contribution >= 0.6 is 0 Å². The normalized spacial score (nSPS) is 17.6.